The molecule has 0 aliphatic carbocycles. The van der Waals surface area contributed by atoms with Crippen LogP contribution in [0.15, 0.2) is 0 Å². The number of carbonyl (C=O) groups excluding carboxylic acids is 1. The third-order valence-corrected chi connectivity index (χ3v) is 4.46. The van der Waals surface area contributed by atoms with Crippen LogP contribution in [-0.2, 0) is 14.8 Å². The second-order valence-electron chi connectivity index (χ2n) is 4.76. The second kappa shape index (κ2) is 7.06. The van der Waals surface area contributed by atoms with Crippen LogP contribution in [0.2, 0.25) is 0 Å². The molecular formula is C11H23N3O3S. The van der Waals surface area contributed by atoms with Crippen LogP contribution >= 0.6 is 0 Å². The standard InChI is InChI=1S/C11H23N3O3S/c1-12-11(15)5-6-13-8-10-4-3-7-14(9-10)18(2,16)17/h10,13H,3-9H2,1-2H3,(H,12,15). The van der Waals surface area contributed by atoms with Crippen molar-refractivity contribution in [1.82, 2.24) is 14.9 Å². The molecule has 1 unspecified atom stereocenters. The van der Waals surface area contributed by atoms with Crippen molar-refractivity contribution >= 4 is 15.9 Å². The first-order chi connectivity index (χ1) is 8.43. The van der Waals surface area contributed by atoms with Gasteiger partial charge in [0, 0.05) is 33.1 Å². The molecule has 0 radical (unpaired) electrons. The van der Waals surface area contributed by atoms with Crippen LogP contribution in [0.4, 0.5) is 0 Å². The average Bonchev–Trinajstić information content (AvgIpc) is 2.33. The molecule has 1 saturated heterocycles. The van der Waals surface area contributed by atoms with E-state index in [0.717, 1.165) is 19.4 Å². The van der Waals surface area contributed by atoms with Crippen molar-refractivity contribution in [3.05, 3.63) is 0 Å². The van der Waals surface area contributed by atoms with E-state index in [4.69, 9.17) is 0 Å². The normalized spacial score (nSPS) is 21.8. The molecule has 1 amide bonds. The van der Waals surface area contributed by atoms with Crippen LogP contribution in [0.5, 0.6) is 0 Å². The highest BCUT2D eigenvalue weighted by molar-refractivity contribution is 7.88. The van der Waals surface area contributed by atoms with E-state index in [-0.39, 0.29) is 5.91 Å². The number of hydrogen-bond donors (Lipinski definition) is 2. The van der Waals surface area contributed by atoms with Gasteiger partial charge in [-0.1, -0.05) is 0 Å². The van der Waals surface area contributed by atoms with Crippen molar-refractivity contribution in [2.45, 2.75) is 19.3 Å². The molecular weight excluding hydrogens is 254 g/mol. The van der Waals surface area contributed by atoms with Crippen molar-refractivity contribution in [1.29, 1.82) is 0 Å². The highest BCUT2D eigenvalue weighted by Gasteiger charge is 2.25. The minimum Gasteiger partial charge on any atom is -0.359 e. The lowest BCUT2D eigenvalue weighted by Crippen LogP contribution is -2.42. The SMILES string of the molecule is CNC(=O)CCNCC1CCCN(S(C)(=O)=O)C1. The van der Waals surface area contributed by atoms with Gasteiger partial charge in [0.25, 0.3) is 0 Å². The predicted molar refractivity (Wildman–Crippen MR) is 70.7 cm³/mol. The Balaban J connectivity index is 2.25. The number of nitrogens with zero attached hydrogens (tertiary/aromatic N) is 1. The number of nitrogens with one attached hydrogen (secondary N) is 2. The molecule has 1 rings (SSSR count). The molecule has 1 heterocycles. The topological polar surface area (TPSA) is 78.5 Å². The third-order valence-electron chi connectivity index (χ3n) is 3.19. The van der Waals surface area contributed by atoms with Gasteiger partial charge in [-0.25, -0.2) is 12.7 Å². The van der Waals surface area contributed by atoms with E-state index in [1.54, 1.807) is 11.4 Å². The molecule has 0 spiro atoms. The fraction of sp³-hybridized carbons (Fsp3) is 0.909. The zero-order valence-electron chi connectivity index (χ0n) is 11.1. The number of sulfonamides is 1. The zero-order valence-corrected chi connectivity index (χ0v) is 11.9. The van der Waals surface area contributed by atoms with Gasteiger partial charge in [-0.15, -0.1) is 0 Å². The van der Waals surface area contributed by atoms with E-state index >= 15 is 0 Å². The highest BCUT2D eigenvalue weighted by atomic mass is 32.2. The Hall–Kier alpha value is -0.660. The lowest BCUT2D eigenvalue weighted by atomic mass is 10.00. The van der Waals surface area contributed by atoms with Crippen LogP contribution < -0.4 is 10.6 Å². The molecule has 2 N–H and O–H groups in total. The minimum atomic E-state index is -3.07. The van der Waals surface area contributed by atoms with Crippen molar-refractivity contribution in [2.75, 3.05) is 39.5 Å². The lowest BCUT2D eigenvalue weighted by Gasteiger charge is -2.31. The molecule has 1 fully saturated rings. The largest absolute Gasteiger partial charge is 0.359 e. The van der Waals surface area contributed by atoms with Gasteiger partial charge in [-0.05, 0) is 25.3 Å². The maximum absolute atomic E-state index is 11.4. The predicted octanol–water partition coefficient (Wildman–Crippen LogP) is -0.616. The second-order valence-corrected chi connectivity index (χ2v) is 6.74. The van der Waals surface area contributed by atoms with Crippen molar-refractivity contribution < 1.29 is 13.2 Å². The number of rotatable bonds is 6. The van der Waals surface area contributed by atoms with Crippen LogP contribution in [0.3, 0.4) is 0 Å². The Labute approximate surface area is 109 Å². The van der Waals surface area contributed by atoms with Gasteiger partial charge in [-0.3, -0.25) is 4.79 Å². The summed E-state index contributed by atoms with van der Waals surface area (Å²) >= 11 is 0. The van der Waals surface area contributed by atoms with E-state index in [2.05, 4.69) is 10.6 Å². The summed E-state index contributed by atoms with van der Waals surface area (Å²) in [6.07, 6.45) is 3.67. The fourth-order valence-corrected chi connectivity index (χ4v) is 3.07. The monoisotopic (exact) mass is 277 g/mol. The van der Waals surface area contributed by atoms with E-state index in [9.17, 15) is 13.2 Å². The van der Waals surface area contributed by atoms with E-state index < -0.39 is 10.0 Å². The van der Waals surface area contributed by atoms with E-state index in [1.165, 1.54) is 6.26 Å². The average molecular weight is 277 g/mol. The lowest BCUT2D eigenvalue weighted by molar-refractivity contribution is -0.120. The number of piperidine rings is 1. The molecule has 0 aromatic carbocycles. The van der Waals surface area contributed by atoms with Crippen molar-refractivity contribution in [2.24, 2.45) is 5.92 Å². The van der Waals surface area contributed by atoms with Crippen molar-refractivity contribution in [3.8, 4) is 0 Å². The van der Waals surface area contributed by atoms with Crippen LogP contribution in [-0.4, -0.2) is 58.1 Å². The summed E-state index contributed by atoms with van der Waals surface area (Å²) in [4.78, 5) is 11.0. The van der Waals surface area contributed by atoms with Crippen LogP contribution in [0, 0.1) is 5.92 Å². The molecule has 106 valence electrons. The molecule has 18 heavy (non-hydrogen) atoms. The Morgan fingerprint density at radius 2 is 2.17 bits per heavy atom. The van der Waals surface area contributed by atoms with Gasteiger partial charge < -0.3 is 10.6 Å². The van der Waals surface area contributed by atoms with Gasteiger partial charge in [0.2, 0.25) is 15.9 Å². The van der Waals surface area contributed by atoms with Gasteiger partial charge in [0.1, 0.15) is 0 Å². The zero-order chi connectivity index (χ0) is 13.6. The molecule has 1 aliphatic rings. The highest BCUT2D eigenvalue weighted by Crippen LogP contribution is 2.17. The summed E-state index contributed by atoms with van der Waals surface area (Å²) in [5.74, 6) is 0.363. The molecule has 0 aromatic rings. The van der Waals surface area contributed by atoms with E-state index in [1.807, 2.05) is 0 Å². The number of amides is 1. The van der Waals surface area contributed by atoms with Gasteiger partial charge in [0.05, 0.1) is 6.26 Å². The quantitative estimate of drug-likeness (QED) is 0.635. The first kappa shape index (κ1) is 15.4. The first-order valence-electron chi connectivity index (χ1n) is 6.30. The summed E-state index contributed by atoms with van der Waals surface area (Å²) in [5.41, 5.74) is 0. The van der Waals surface area contributed by atoms with Gasteiger partial charge >= 0.3 is 0 Å². The Bertz CT molecular complexity index is 370. The molecule has 0 bridgehead atoms. The summed E-state index contributed by atoms with van der Waals surface area (Å²) < 4.78 is 24.4. The smallest absolute Gasteiger partial charge is 0.221 e. The Kier molecular flexibility index (Phi) is 6.04. The maximum Gasteiger partial charge on any atom is 0.221 e. The summed E-state index contributed by atoms with van der Waals surface area (Å²) in [6.45, 7) is 2.62. The van der Waals surface area contributed by atoms with Gasteiger partial charge in [0.15, 0.2) is 0 Å². The molecule has 0 aromatic heterocycles. The summed E-state index contributed by atoms with van der Waals surface area (Å²) in [6, 6.07) is 0. The Morgan fingerprint density at radius 3 is 2.78 bits per heavy atom. The fourth-order valence-electron chi connectivity index (χ4n) is 2.13. The molecule has 1 aliphatic heterocycles. The molecule has 1 atom stereocenters. The van der Waals surface area contributed by atoms with Crippen LogP contribution in [0.1, 0.15) is 19.3 Å². The number of hydrogen-bond acceptors (Lipinski definition) is 4. The van der Waals surface area contributed by atoms with Crippen molar-refractivity contribution in [3.63, 3.8) is 0 Å². The molecule has 0 saturated carbocycles. The van der Waals surface area contributed by atoms with Crippen LogP contribution in [0.25, 0.3) is 0 Å². The third kappa shape index (κ3) is 5.32. The molecule has 6 nitrogen and oxygen atoms in total. The first-order valence-corrected chi connectivity index (χ1v) is 8.14. The number of carbonyl (C=O) groups is 1. The Morgan fingerprint density at radius 1 is 1.44 bits per heavy atom. The molecule has 7 heteroatoms. The maximum atomic E-state index is 11.4. The summed E-state index contributed by atoms with van der Waals surface area (Å²) in [7, 11) is -1.45. The minimum absolute atomic E-state index is 0.0175. The summed E-state index contributed by atoms with van der Waals surface area (Å²) in [5, 5.41) is 5.77. The van der Waals surface area contributed by atoms with E-state index in [0.29, 0.717) is 32.0 Å². The van der Waals surface area contributed by atoms with Gasteiger partial charge in [-0.2, -0.15) is 0 Å².